The molecular formula is C17H25BrNO4+. The van der Waals surface area contributed by atoms with E-state index in [9.17, 15) is 9.90 Å². The van der Waals surface area contributed by atoms with Crippen molar-refractivity contribution < 1.29 is 24.3 Å². The maximum Gasteiger partial charge on any atom is 0.314 e. The summed E-state index contributed by atoms with van der Waals surface area (Å²) in [7, 11) is 0. The van der Waals surface area contributed by atoms with Crippen molar-refractivity contribution >= 4 is 21.9 Å². The predicted molar refractivity (Wildman–Crippen MR) is 90.6 cm³/mol. The van der Waals surface area contributed by atoms with Crippen molar-refractivity contribution in [1.29, 1.82) is 0 Å². The van der Waals surface area contributed by atoms with Crippen molar-refractivity contribution in [3.8, 4) is 5.75 Å². The van der Waals surface area contributed by atoms with Crippen molar-refractivity contribution in [2.75, 3.05) is 32.8 Å². The standard InChI is InChI=1S/C17H24BrNO4/c1-2-22-17(21)13-6-5-9-19(10-13)11-14(20)12-23-16-8-4-3-7-15(16)18/h3-4,7-8,13-14,20H,2,5-6,9-12H2,1H3/p+1/t13-,14-/m0/s1. The molecule has 3 atom stereocenters. The SMILES string of the molecule is CCOC(=O)[C@H]1CCC[NH+](C[C@H](O)COc2ccccc2Br)C1. The van der Waals surface area contributed by atoms with Gasteiger partial charge in [0.25, 0.3) is 0 Å². The minimum Gasteiger partial charge on any atom is -0.489 e. The van der Waals surface area contributed by atoms with E-state index in [-0.39, 0.29) is 18.5 Å². The number of rotatable bonds is 7. The maximum absolute atomic E-state index is 11.8. The number of aliphatic hydroxyl groups excluding tert-OH is 1. The zero-order valence-corrected chi connectivity index (χ0v) is 15.0. The largest absolute Gasteiger partial charge is 0.489 e. The Bertz CT molecular complexity index is 511. The van der Waals surface area contributed by atoms with Gasteiger partial charge in [-0.05, 0) is 47.8 Å². The highest BCUT2D eigenvalue weighted by Crippen LogP contribution is 2.23. The van der Waals surface area contributed by atoms with E-state index in [1.165, 1.54) is 4.90 Å². The van der Waals surface area contributed by atoms with Crippen LogP contribution < -0.4 is 9.64 Å². The lowest BCUT2D eigenvalue weighted by Gasteiger charge is -2.30. The molecule has 1 heterocycles. The van der Waals surface area contributed by atoms with Crippen LogP contribution in [0.3, 0.4) is 0 Å². The third-order valence-electron chi connectivity index (χ3n) is 4.03. The first-order valence-corrected chi connectivity index (χ1v) is 8.95. The minimum atomic E-state index is -0.557. The Morgan fingerprint density at radius 2 is 2.26 bits per heavy atom. The molecule has 2 N–H and O–H groups in total. The molecule has 1 aromatic rings. The number of aliphatic hydroxyl groups is 1. The summed E-state index contributed by atoms with van der Waals surface area (Å²) in [6.45, 7) is 4.78. The molecule has 1 aliphatic heterocycles. The Balaban J connectivity index is 1.77. The molecular weight excluding hydrogens is 362 g/mol. The van der Waals surface area contributed by atoms with E-state index in [0.717, 1.165) is 36.2 Å². The Labute approximate surface area is 145 Å². The molecule has 0 aromatic heterocycles. The van der Waals surface area contributed by atoms with Crippen LogP contribution in [-0.4, -0.2) is 50.0 Å². The average molecular weight is 387 g/mol. The second-order valence-corrected chi connectivity index (χ2v) is 6.75. The molecule has 6 heteroatoms. The van der Waals surface area contributed by atoms with Gasteiger partial charge in [-0.15, -0.1) is 0 Å². The number of carbonyl (C=O) groups excluding carboxylic acids is 1. The summed E-state index contributed by atoms with van der Waals surface area (Å²) < 4.78 is 11.6. The molecule has 23 heavy (non-hydrogen) atoms. The summed E-state index contributed by atoms with van der Waals surface area (Å²) in [6, 6.07) is 7.58. The van der Waals surface area contributed by atoms with Gasteiger partial charge in [0.15, 0.2) is 0 Å². The molecule has 0 spiro atoms. The number of likely N-dealkylation sites (tertiary alicyclic amines) is 1. The van der Waals surface area contributed by atoms with E-state index in [1.807, 2.05) is 31.2 Å². The van der Waals surface area contributed by atoms with Gasteiger partial charge in [0.2, 0.25) is 0 Å². The maximum atomic E-state index is 11.8. The number of quaternary nitrogens is 1. The van der Waals surface area contributed by atoms with Crippen LogP contribution >= 0.6 is 15.9 Å². The van der Waals surface area contributed by atoms with Gasteiger partial charge in [-0.3, -0.25) is 4.79 Å². The molecule has 0 bridgehead atoms. The number of hydrogen-bond acceptors (Lipinski definition) is 4. The number of carbonyl (C=O) groups is 1. The van der Waals surface area contributed by atoms with Crippen LogP contribution in [0.25, 0.3) is 0 Å². The van der Waals surface area contributed by atoms with Crippen LogP contribution in [0, 0.1) is 5.92 Å². The summed E-state index contributed by atoms with van der Waals surface area (Å²) >= 11 is 3.42. The molecule has 1 aliphatic rings. The van der Waals surface area contributed by atoms with E-state index >= 15 is 0 Å². The molecule has 1 saturated heterocycles. The highest BCUT2D eigenvalue weighted by atomic mass is 79.9. The van der Waals surface area contributed by atoms with Gasteiger partial charge in [0.1, 0.15) is 30.9 Å². The minimum absolute atomic E-state index is 0.0462. The Kier molecular flexibility index (Phi) is 7.33. The summed E-state index contributed by atoms with van der Waals surface area (Å²) in [6.07, 6.45) is 1.31. The number of benzene rings is 1. The Morgan fingerprint density at radius 1 is 1.48 bits per heavy atom. The molecule has 5 nitrogen and oxygen atoms in total. The molecule has 0 saturated carbocycles. The molecule has 2 rings (SSSR count). The summed E-state index contributed by atoms with van der Waals surface area (Å²) in [4.78, 5) is 13.1. The normalized spacial score (nSPS) is 22.4. The molecule has 1 fully saturated rings. The molecule has 0 aliphatic carbocycles. The second-order valence-electron chi connectivity index (χ2n) is 5.89. The topological polar surface area (TPSA) is 60.2 Å². The highest BCUT2D eigenvalue weighted by Gasteiger charge is 2.30. The summed E-state index contributed by atoms with van der Waals surface area (Å²) in [5, 5.41) is 10.2. The smallest absolute Gasteiger partial charge is 0.314 e. The van der Waals surface area contributed by atoms with Gasteiger partial charge in [-0.2, -0.15) is 0 Å². The van der Waals surface area contributed by atoms with Gasteiger partial charge in [-0.25, -0.2) is 0 Å². The van der Waals surface area contributed by atoms with Crippen LogP contribution in [0.2, 0.25) is 0 Å². The quantitative estimate of drug-likeness (QED) is 0.687. The fourth-order valence-corrected chi connectivity index (χ4v) is 3.34. The van der Waals surface area contributed by atoms with Gasteiger partial charge in [0, 0.05) is 0 Å². The van der Waals surface area contributed by atoms with Gasteiger partial charge < -0.3 is 19.5 Å². The first-order valence-electron chi connectivity index (χ1n) is 8.15. The van der Waals surface area contributed by atoms with E-state index in [2.05, 4.69) is 15.9 Å². The Morgan fingerprint density at radius 3 is 3.00 bits per heavy atom. The zero-order valence-electron chi connectivity index (χ0n) is 13.5. The number of halogens is 1. The fraction of sp³-hybridized carbons (Fsp3) is 0.588. The number of piperidine rings is 1. The number of esters is 1. The number of ether oxygens (including phenoxy) is 2. The van der Waals surface area contributed by atoms with Crippen molar-refractivity contribution in [3.05, 3.63) is 28.7 Å². The first-order chi connectivity index (χ1) is 11.1. The molecule has 128 valence electrons. The van der Waals surface area contributed by atoms with Crippen LogP contribution in [0.1, 0.15) is 19.8 Å². The summed E-state index contributed by atoms with van der Waals surface area (Å²) in [5.41, 5.74) is 0. The highest BCUT2D eigenvalue weighted by molar-refractivity contribution is 9.10. The van der Waals surface area contributed by atoms with Gasteiger partial charge >= 0.3 is 5.97 Å². The van der Waals surface area contributed by atoms with E-state index in [4.69, 9.17) is 9.47 Å². The lowest BCUT2D eigenvalue weighted by molar-refractivity contribution is -0.910. The molecule has 1 aromatic carbocycles. The predicted octanol–water partition coefficient (Wildman–Crippen LogP) is 1.05. The monoisotopic (exact) mass is 386 g/mol. The van der Waals surface area contributed by atoms with E-state index in [1.54, 1.807) is 0 Å². The molecule has 0 radical (unpaired) electrons. The van der Waals surface area contributed by atoms with Crippen molar-refractivity contribution in [3.63, 3.8) is 0 Å². The van der Waals surface area contributed by atoms with E-state index < -0.39 is 6.10 Å². The van der Waals surface area contributed by atoms with Crippen LogP contribution in [0.15, 0.2) is 28.7 Å². The summed E-state index contributed by atoms with van der Waals surface area (Å²) in [5.74, 6) is 0.573. The van der Waals surface area contributed by atoms with Crippen molar-refractivity contribution in [2.24, 2.45) is 5.92 Å². The van der Waals surface area contributed by atoms with Crippen molar-refractivity contribution in [1.82, 2.24) is 0 Å². The number of para-hydroxylation sites is 1. The zero-order chi connectivity index (χ0) is 16.7. The first kappa shape index (κ1) is 18.2. The number of hydrogen-bond donors (Lipinski definition) is 2. The van der Waals surface area contributed by atoms with Crippen LogP contribution in [-0.2, 0) is 9.53 Å². The lowest BCUT2D eigenvalue weighted by atomic mass is 9.98. The van der Waals surface area contributed by atoms with Gasteiger partial charge in [0.05, 0.1) is 24.2 Å². The fourth-order valence-electron chi connectivity index (χ4n) is 2.94. The number of nitrogens with one attached hydrogen (secondary N) is 1. The third kappa shape index (κ3) is 5.79. The van der Waals surface area contributed by atoms with Crippen molar-refractivity contribution in [2.45, 2.75) is 25.9 Å². The molecule has 1 unspecified atom stereocenters. The molecule has 0 amide bonds. The van der Waals surface area contributed by atoms with Gasteiger partial charge in [-0.1, -0.05) is 12.1 Å². The lowest BCUT2D eigenvalue weighted by Crippen LogP contribution is -3.15. The van der Waals surface area contributed by atoms with Crippen LogP contribution in [0.4, 0.5) is 0 Å². The van der Waals surface area contributed by atoms with E-state index in [0.29, 0.717) is 13.2 Å². The van der Waals surface area contributed by atoms with Crippen LogP contribution in [0.5, 0.6) is 5.75 Å². The average Bonchev–Trinajstić information content (AvgIpc) is 2.54. The second kappa shape index (κ2) is 9.25. The Hall–Kier alpha value is -1.11. The third-order valence-corrected chi connectivity index (χ3v) is 4.69.